The summed E-state index contributed by atoms with van der Waals surface area (Å²) in [6, 6.07) is 6.06. The van der Waals surface area contributed by atoms with Crippen molar-refractivity contribution in [3.63, 3.8) is 0 Å². The standard InChI is InChI=1S/C9H10ClN2O2/c1-6(12(13)14)9(11)7-4-2-3-5-8(7)10/h2-5,9H,11H2,1H3/q-1. The highest BCUT2D eigenvalue weighted by atomic mass is 35.5. The van der Waals surface area contributed by atoms with Gasteiger partial charge in [0.15, 0.2) is 0 Å². The molecule has 0 saturated carbocycles. The van der Waals surface area contributed by atoms with Crippen LogP contribution in [0.3, 0.4) is 0 Å². The van der Waals surface area contributed by atoms with Crippen LogP contribution in [0.1, 0.15) is 18.5 Å². The van der Waals surface area contributed by atoms with Crippen molar-refractivity contribution in [1.29, 1.82) is 0 Å². The number of nitrogens with two attached hydrogens (primary N) is 1. The first-order valence-electron chi connectivity index (χ1n) is 4.02. The maximum absolute atomic E-state index is 10.5. The fourth-order valence-electron chi connectivity index (χ4n) is 1.07. The van der Waals surface area contributed by atoms with E-state index in [0.717, 1.165) is 0 Å². The minimum atomic E-state index is -0.751. The second kappa shape index (κ2) is 4.30. The zero-order chi connectivity index (χ0) is 10.7. The van der Waals surface area contributed by atoms with Gasteiger partial charge in [-0.3, -0.25) is 10.1 Å². The summed E-state index contributed by atoms with van der Waals surface area (Å²) in [7, 11) is 0. The van der Waals surface area contributed by atoms with Gasteiger partial charge in [0.05, 0.1) is 0 Å². The summed E-state index contributed by atoms with van der Waals surface area (Å²) in [6.07, 6.45) is 0. The lowest BCUT2D eigenvalue weighted by atomic mass is 10.0. The van der Waals surface area contributed by atoms with Crippen LogP contribution in [0.15, 0.2) is 24.3 Å². The first-order chi connectivity index (χ1) is 6.54. The van der Waals surface area contributed by atoms with Gasteiger partial charge < -0.3 is 5.73 Å². The molecule has 14 heavy (non-hydrogen) atoms. The molecule has 1 aromatic carbocycles. The minimum absolute atomic E-state index is 0.0156. The zero-order valence-electron chi connectivity index (χ0n) is 7.61. The summed E-state index contributed by atoms with van der Waals surface area (Å²) < 4.78 is 0. The first-order valence-corrected chi connectivity index (χ1v) is 4.39. The van der Waals surface area contributed by atoms with Crippen LogP contribution in [0.5, 0.6) is 0 Å². The Balaban J connectivity index is 2.94. The molecule has 2 N–H and O–H groups in total. The third-order valence-electron chi connectivity index (χ3n) is 1.98. The van der Waals surface area contributed by atoms with E-state index in [-0.39, 0.29) is 6.04 Å². The van der Waals surface area contributed by atoms with Gasteiger partial charge in [0.1, 0.15) is 0 Å². The SMILES string of the molecule is C[C-](C(N)c1ccccc1Cl)[N+](=O)[O-]. The number of rotatable bonds is 3. The van der Waals surface area contributed by atoms with E-state index in [9.17, 15) is 10.1 Å². The van der Waals surface area contributed by atoms with E-state index in [4.69, 9.17) is 17.3 Å². The number of nitro groups is 1. The predicted octanol–water partition coefficient (Wildman–Crippen LogP) is 2.17. The van der Waals surface area contributed by atoms with Crippen molar-refractivity contribution in [3.05, 3.63) is 51.0 Å². The van der Waals surface area contributed by atoms with Crippen molar-refractivity contribution < 1.29 is 4.92 Å². The van der Waals surface area contributed by atoms with Gasteiger partial charge in [-0.25, -0.2) is 0 Å². The number of nitrogens with zero attached hydrogens (tertiary/aromatic N) is 1. The molecule has 0 aliphatic carbocycles. The maximum Gasteiger partial charge on any atom is 0.0430 e. The van der Waals surface area contributed by atoms with E-state index >= 15 is 0 Å². The molecule has 0 bridgehead atoms. The van der Waals surface area contributed by atoms with E-state index in [1.165, 1.54) is 6.92 Å². The summed E-state index contributed by atoms with van der Waals surface area (Å²) in [5, 5.41) is 10.9. The van der Waals surface area contributed by atoms with Gasteiger partial charge in [0, 0.05) is 5.02 Å². The van der Waals surface area contributed by atoms with E-state index < -0.39 is 11.0 Å². The Kier molecular flexibility index (Phi) is 3.33. The molecule has 0 aliphatic rings. The summed E-state index contributed by atoms with van der Waals surface area (Å²) >= 11 is 5.85. The molecular formula is C9H10ClN2O2-. The Morgan fingerprint density at radius 2 is 2.14 bits per heavy atom. The Bertz CT molecular complexity index is 343. The van der Waals surface area contributed by atoms with E-state index in [1.54, 1.807) is 24.3 Å². The van der Waals surface area contributed by atoms with Crippen molar-refractivity contribution >= 4 is 11.6 Å². The van der Waals surface area contributed by atoms with Crippen LogP contribution in [0.2, 0.25) is 5.02 Å². The number of hydrogen-bond donors (Lipinski definition) is 1. The molecule has 1 rings (SSSR count). The Morgan fingerprint density at radius 1 is 1.57 bits per heavy atom. The molecule has 0 aromatic heterocycles. The third kappa shape index (κ3) is 2.16. The molecular weight excluding hydrogens is 204 g/mol. The Morgan fingerprint density at radius 3 is 2.64 bits per heavy atom. The number of benzene rings is 1. The number of halogens is 1. The average Bonchev–Trinajstić information content (AvgIpc) is 2.16. The van der Waals surface area contributed by atoms with E-state index in [2.05, 4.69) is 0 Å². The van der Waals surface area contributed by atoms with Crippen molar-refractivity contribution in [3.8, 4) is 0 Å². The summed E-state index contributed by atoms with van der Waals surface area (Å²) in [4.78, 5) is 9.98. The normalized spacial score (nSPS) is 12.2. The molecule has 0 heterocycles. The minimum Gasteiger partial charge on any atom is -0.344 e. The van der Waals surface area contributed by atoms with E-state index in [1.807, 2.05) is 0 Å². The van der Waals surface area contributed by atoms with Gasteiger partial charge in [0.2, 0.25) is 0 Å². The maximum atomic E-state index is 10.5. The lowest BCUT2D eigenvalue weighted by Gasteiger charge is -2.25. The first kappa shape index (κ1) is 10.8. The van der Waals surface area contributed by atoms with Gasteiger partial charge in [-0.1, -0.05) is 29.8 Å². The summed E-state index contributed by atoms with van der Waals surface area (Å²) in [5.74, 6) is 0. The highest BCUT2D eigenvalue weighted by Gasteiger charge is 2.13. The topological polar surface area (TPSA) is 69.2 Å². The molecule has 4 nitrogen and oxygen atoms in total. The molecule has 0 radical (unpaired) electrons. The van der Waals surface area contributed by atoms with Gasteiger partial charge in [-0.2, -0.15) is 0 Å². The van der Waals surface area contributed by atoms with Crippen molar-refractivity contribution in [2.75, 3.05) is 0 Å². The van der Waals surface area contributed by atoms with Crippen LogP contribution in [0.4, 0.5) is 0 Å². The Labute approximate surface area is 86.8 Å². The fourth-order valence-corrected chi connectivity index (χ4v) is 1.32. The van der Waals surface area contributed by atoms with Gasteiger partial charge >= 0.3 is 0 Å². The molecule has 0 amide bonds. The van der Waals surface area contributed by atoms with Gasteiger partial charge in [-0.05, 0) is 23.7 Å². The van der Waals surface area contributed by atoms with Crippen molar-refractivity contribution in [2.45, 2.75) is 13.0 Å². The fraction of sp³-hybridized carbons (Fsp3) is 0.222. The second-order valence-electron chi connectivity index (χ2n) is 2.90. The van der Waals surface area contributed by atoms with Crippen LogP contribution >= 0.6 is 11.6 Å². The Hall–Kier alpha value is -1.26. The third-order valence-corrected chi connectivity index (χ3v) is 2.32. The van der Waals surface area contributed by atoms with Crippen LogP contribution in [-0.4, -0.2) is 4.92 Å². The quantitative estimate of drug-likeness (QED) is 0.475. The summed E-state index contributed by atoms with van der Waals surface area (Å²) in [6.45, 7) is 1.38. The van der Waals surface area contributed by atoms with Gasteiger partial charge in [0.25, 0.3) is 0 Å². The largest absolute Gasteiger partial charge is 0.344 e. The summed E-state index contributed by atoms with van der Waals surface area (Å²) in [5.41, 5.74) is 6.25. The van der Waals surface area contributed by atoms with E-state index in [0.29, 0.717) is 10.6 Å². The zero-order valence-corrected chi connectivity index (χ0v) is 8.36. The van der Waals surface area contributed by atoms with Crippen molar-refractivity contribution in [2.24, 2.45) is 5.73 Å². The van der Waals surface area contributed by atoms with Crippen molar-refractivity contribution in [1.82, 2.24) is 0 Å². The molecule has 0 aliphatic heterocycles. The second-order valence-corrected chi connectivity index (χ2v) is 3.30. The highest BCUT2D eigenvalue weighted by molar-refractivity contribution is 6.31. The van der Waals surface area contributed by atoms with Crippen LogP contribution in [0.25, 0.3) is 0 Å². The molecule has 5 heteroatoms. The average molecular weight is 214 g/mol. The molecule has 1 aromatic rings. The van der Waals surface area contributed by atoms with Crippen LogP contribution in [-0.2, 0) is 0 Å². The molecule has 1 atom stereocenters. The molecule has 1 unspecified atom stereocenters. The smallest absolute Gasteiger partial charge is 0.0430 e. The molecule has 76 valence electrons. The lowest BCUT2D eigenvalue weighted by molar-refractivity contribution is -0.468. The molecule has 0 saturated heterocycles. The van der Waals surface area contributed by atoms with Crippen LogP contribution in [0, 0.1) is 16.2 Å². The highest BCUT2D eigenvalue weighted by Crippen LogP contribution is 2.27. The predicted molar refractivity (Wildman–Crippen MR) is 54.3 cm³/mol. The molecule has 0 fully saturated rings. The van der Waals surface area contributed by atoms with Crippen LogP contribution < -0.4 is 5.73 Å². The van der Waals surface area contributed by atoms with Gasteiger partial charge in [-0.15, -0.1) is 11.8 Å². The monoisotopic (exact) mass is 213 g/mol. The number of hydrogen-bond acceptors (Lipinski definition) is 3. The molecule has 0 spiro atoms. The lowest BCUT2D eigenvalue weighted by Crippen LogP contribution is -2.23.